The zero-order chi connectivity index (χ0) is 22.2. The van der Waals surface area contributed by atoms with Crippen molar-refractivity contribution < 1.29 is 9.18 Å². The van der Waals surface area contributed by atoms with Gasteiger partial charge in [0.1, 0.15) is 5.82 Å². The second-order valence-electron chi connectivity index (χ2n) is 8.97. The molecule has 2 aromatic heterocycles. The Kier molecular flexibility index (Phi) is 5.42. The minimum atomic E-state index is -0.755. The summed E-state index contributed by atoms with van der Waals surface area (Å²) in [5, 5.41) is 11.9. The summed E-state index contributed by atoms with van der Waals surface area (Å²) in [4.78, 5) is 16.3. The van der Waals surface area contributed by atoms with Gasteiger partial charge in [0, 0.05) is 35.9 Å². The van der Waals surface area contributed by atoms with Gasteiger partial charge in [0.2, 0.25) is 0 Å². The number of halogens is 1. The van der Waals surface area contributed by atoms with E-state index in [2.05, 4.69) is 20.7 Å². The van der Waals surface area contributed by atoms with E-state index in [0.717, 1.165) is 55.1 Å². The Morgan fingerprint density at radius 3 is 2.72 bits per heavy atom. The number of aromatic nitrogens is 3. The lowest BCUT2D eigenvalue weighted by Crippen LogP contribution is -2.43. The van der Waals surface area contributed by atoms with Crippen LogP contribution in [0.15, 0.2) is 30.5 Å². The monoisotopic (exact) mass is 437 g/mol. The maximum absolute atomic E-state index is 14.7. The van der Waals surface area contributed by atoms with Crippen LogP contribution in [0.1, 0.15) is 48.9 Å². The molecule has 2 atom stereocenters. The Balaban J connectivity index is 1.42. The van der Waals surface area contributed by atoms with Crippen LogP contribution in [-0.4, -0.2) is 32.8 Å². The van der Waals surface area contributed by atoms with Gasteiger partial charge in [-0.05, 0) is 55.9 Å². The van der Waals surface area contributed by atoms with Crippen molar-refractivity contribution in [2.24, 2.45) is 17.4 Å². The number of rotatable bonds is 7. The Bertz CT molecular complexity index is 1160. The van der Waals surface area contributed by atoms with Crippen molar-refractivity contribution >= 4 is 34.1 Å². The molecule has 2 fully saturated rings. The summed E-state index contributed by atoms with van der Waals surface area (Å²) < 4.78 is 16.7. The van der Waals surface area contributed by atoms with E-state index < -0.39 is 11.7 Å². The number of hydrogen-bond acceptors (Lipinski definition) is 6. The molecule has 0 radical (unpaired) electrons. The molecule has 6 N–H and O–H groups in total. The standard InChI is InChI=1S/C23H28FN7O/c24-17-10-16(21(26)32)22(29-23(17)28-19-4-2-1-3-18(19)25)27-15-8-7-14-12-31(11-13-5-6-13)30-20(14)9-15/h7-10,12-13,18-19H,1-6,11,25H2,(H2,26,32)(H2,27,28,29)/t18-,19+/m0/s1. The molecule has 3 aromatic rings. The van der Waals surface area contributed by atoms with Crippen molar-refractivity contribution in [1.29, 1.82) is 0 Å². The molecular weight excluding hydrogens is 409 g/mol. The number of fused-ring (bicyclic) bond motifs is 1. The van der Waals surface area contributed by atoms with Crippen molar-refractivity contribution in [1.82, 2.24) is 14.8 Å². The van der Waals surface area contributed by atoms with E-state index in [-0.39, 0.29) is 29.3 Å². The third-order valence-corrected chi connectivity index (χ3v) is 6.34. The molecule has 2 aliphatic carbocycles. The first-order chi connectivity index (χ1) is 15.5. The van der Waals surface area contributed by atoms with Gasteiger partial charge in [-0.15, -0.1) is 0 Å². The summed E-state index contributed by atoms with van der Waals surface area (Å²) in [6.07, 6.45) is 8.40. The van der Waals surface area contributed by atoms with Crippen molar-refractivity contribution in [3.63, 3.8) is 0 Å². The van der Waals surface area contributed by atoms with Crippen LogP contribution in [-0.2, 0) is 6.54 Å². The highest BCUT2D eigenvalue weighted by atomic mass is 19.1. The minimum Gasteiger partial charge on any atom is -0.365 e. The van der Waals surface area contributed by atoms with Gasteiger partial charge in [0.05, 0.1) is 11.1 Å². The largest absolute Gasteiger partial charge is 0.365 e. The van der Waals surface area contributed by atoms with Gasteiger partial charge >= 0.3 is 0 Å². The van der Waals surface area contributed by atoms with Gasteiger partial charge in [0.25, 0.3) is 5.91 Å². The average molecular weight is 438 g/mol. The molecule has 0 bridgehead atoms. The molecule has 2 aliphatic rings. The van der Waals surface area contributed by atoms with Gasteiger partial charge in [-0.1, -0.05) is 12.8 Å². The summed E-state index contributed by atoms with van der Waals surface area (Å²) in [7, 11) is 0. The third-order valence-electron chi connectivity index (χ3n) is 6.34. The van der Waals surface area contributed by atoms with E-state index in [1.54, 1.807) is 0 Å². The summed E-state index contributed by atoms with van der Waals surface area (Å²) >= 11 is 0. The molecule has 0 unspecified atom stereocenters. The van der Waals surface area contributed by atoms with E-state index in [1.165, 1.54) is 12.8 Å². The summed E-state index contributed by atoms with van der Waals surface area (Å²) in [5.74, 6) is -0.394. The number of carbonyl (C=O) groups is 1. The van der Waals surface area contributed by atoms with Crippen LogP contribution in [0.2, 0.25) is 0 Å². The molecule has 2 heterocycles. The lowest BCUT2D eigenvalue weighted by molar-refractivity contribution is 0.100. The first kappa shape index (κ1) is 20.7. The van der Waals surface area contributed by atoms with Crippen LogP contribution >= 0.6 is 0 Å². The Labute approximate surface area is 185 Å². The average Bonchev–Trinajstić information content (AvgIpc) is 3.48. The number of benzene rings is 1. The van der Waals surface area contributed by atoms with E-state index in [1.807, 2.05) is 29.1 Å². The SMILES string of the molecule is NC(=O)c1cc(F)c(N[C@@H]2CCCC[C@@H]2N)nc1Nc1ccc2cn(CC3CC3)nc2c1. The van der Waals surface area contributed by atoms with Crippen molar-refractivity contribution in [3.8, 4) is 0 Å². The molecule has 32 heavy (non-hydrogen) atoms. The van der Waals surface area contributed by atoms with Crippen molar-refractivity contribution in [3.05, 3.63) is 41.8 Å². The number of carbonyl (C=O) groups excluding carboxylic acids is 1. The predicted octanol–water partition coefficient (Wildman–Crippen LogP) is 3.50. The third kappa shape index (κ3) is 4.38. The van der Waals surface area contributed by atoms with Gasteiger partial charge in [0.15, 0.2) is 11.6 Å². The fraction of sp³-hybridized carbons (Fsp3) is 0.435. The normalized spacial score (nSPS) is 20.9. The fourth-order valence-electron chi connectivity index (χ4n) is 4.33. The molecule has 0 spiro atoms. The molecule has 168 valence electrons. The van der Waals surface area contributed by atoms with Crippen LogP contribution in [0.5, 0.6) is 0 Å². The second-order valence-corrected chi connectivity index (χ2v) is 8.97. The second kappa shape index (κ2) is 8.38. The highest BCUT2D eigenvalue weighted by Gasteiger charge is 2.25. The Morgan fingerprint density at radius 2 is 1.97 bits per heavy atom. The molecule has 5 rings (SSSR count). The Morgan fingerprint density at radius 1 is 1.16 bits per heavy atom. The zero-order valence-electron chi connectivity index (χ0n) is 17.9. The van der Waals surface area contributed by atoms with E-state index >= 15 is 0 Å². The molecule has 9 heteroatoms. The number of amides is 1. The Hall–Kier alpha value is -3.20. The van der Waals surface area contributed by atoms with E-state index in [9.17, 15) is 9.18 Å². The van der Waals surface area contributed by atoms with Gasteiger partial charge < -0.3 is 22.1 Å². The lowest BCUT2D eigenvalue weighted by Gasteiger charge is -2.30. The first-order valence-electron chi connectivity index (χ1n) is 11.2. The number of pyridine rings is 1. The minimum absolute atomic E-state index is 0.0136. The first-order valence-corrected chi connectivity index (χ1v) is 11.2. The number of hydrogen-bond donors (Lipinski definition) is 4. The summed E-state index contributed by atoms with van der Waals surface area (Å²) in [6, 6.07) is 6.72. The molecule has 2 saturated carbocycles. The van der Waals surface area contributed by atoms with Gasteiger partial charge in [-0.25, -0.2) is 9.37 Å². The predicted molar refractivity (Wildman–Crippen MR) is 122 cm³/mol. The summed E-state index contributed by atoms with van der Waals surface area (Å²) in [5.41, 5.74) is 13.2. The molecule has 0 aliphatic heterocycles. The molecule has 0 saturated heterocycles. The zero-order valence-corrected chi connectivity index (χ0v) is 17.9. The van der Waals surface area contributed by atoms with Crippen LogP contribution in [0.4, 0.5) is 21.7 Å². The van der Waals surface area contributed by atoms with Crippen molar-refractivity contribution in [2.75, 3.05) is 10.6 Å². The van der Waals surface area contributed by atoms with E-state index in [0.29, 0.717) is 5.69 Å². The van der Waals surface area contributed by atoms with Gasteiger partial charge in [-0.2, -0.15) is 5.10 Å². The molecule has 1 aromatic carbocycles. The number of nitrogens with zero attached hydrogens (tertiary/aromatic N) is 3. The van der Waals surface area contributed by atoms with Crippen LogP contribution in [0, 0.1) is 11.7 Å². The highest BCUT2D eigenvalue weighted by Crippen LogP contribution is 2.31. The highest BCUT2D eigenvalue weighted by molar-refractivity contribution is 5.99. The van der Waals surface area contributed by atoms with Crippen LogP contribution < -0.4 is 22.1 Å². The maximum atomic E-state index is 14.7. The number of anilines is 3. The van der Waals surface area contributed by atoms with E-state index in [4.69, 9.17) is 11.5 Å². The van der Waals surface area contributed by atoms with Crippen molar-refractivity contribution in [2.45, 2.75) is 57.2 Å². The van der Waals surface area contributed by atoms with Crippen LogP contribution in [0.3, 0.4) is 0 Å². The number of nitrogens with two attached hydrogens (primary N) is 2. The molecular formula is C23H28FN7O. The summed E-state index contributed by atoms with van der Waals surface area (Å²) in [6.45, 7) is 0.932. The maximum Gasteiger partial charge on any atom is 0.252 e. The number of primary amides is 1. The lowest BCUT2D eigenvalue weighted by atomic mass is 9.91. The topological polar surface area (TPSA) is 124 Å². The smallest absolute Gasteiger partial charge is 0.252 e. The number of nitrogens with one attached hydrogen (secondary N) is 2. The van der Waals surface area contributed by atoms with Crippen LogP contribution in [0.25, 0.3) is 10.9 Å². The quantitative estimate of drug-likeness (QED) is 0.448. The van der Waals surface area contributed by atoms with Gasteiger partial charge in [-0.3, -0.25) is 9.48 Å². The molecule has 8 nitrogen and oxygen atoms in total. The molecule has 1 amide bonds. The fourth-order valence-corrected chi connectivity index (χ4v) is 4.33.